The van der Waals surface area contributed by atoms with Gasteiger partial charge in [0, 0.05) is 6.54 Å². The highest BCUT2D eigenvalue weighted by Gasteiger charge is 2.45. The minimum atomic E-state index is -4.43. The number of carbonyl (C=O) groups is 2. The number of hydrogen-bond donors (Lipinski definition) is 1. The van der Waals surface area contributed by atoms with Gasteiger partial charge in [0.25, 0.3) is 0 Å². The SMILES string of the molecule is CC1(CC(=O)O)COC(=O)N1Cc1ccc(C(F)(F)F)cc1. The van der Waals surface area contributed by atoms with Gasteiger partial charge < -0.3 is 9.84 Å². The maximum atomic E-state index is 12.5. The Bertz CT molecular complexity index is 585. The summed E-state index contributed by atoms with van der Waals surface area (Å²) in [5, 5.41) is 8.92. The van der Waals surface area contributed by atoms with E-state index in [1.807, 2.05) is 0 Å². The fourth-order valence-corrected chi connectivity index (χ4v) is 2.30. The average molecular weight is 317 g/mol. The highest BCUT2D eigenvalue weighted by Crippen LogP contribution is 2.31. The molecular formula is C14H14F3NO4. The van der Waals surface area contributed by atoms with E-state index in [1.54, 1.807) is 6.92 Å². The first-order valence-corrected chi connectivity index (χ1v) is 6.44. The van der Waals surface area contributed by atoms with Crippen molar-refractivity contribution in [1.29, 1.82) is 0 Å². The quantitative estimate of drug-likeness (QED) is 0.927. The molecular weight excluding hydrogens is 303 g/mol. The lowest BCUT2D eigenvalue weighted by Crippen LogP contribution is -2.45. The Morgan fingerprint density at radius 3 is 2.45 bits per heavy atom. The molecule has 8 heteroatoms. The topological polar surface area (TPSA) is 66.8 Å². The Labute approximate surface area is 124 Å². The zero-order valence-corrected chi connectivity index (χ0v) is 11.7. The van der Waals surface area contributed by atoms with E-state index in [9.17, 15) is 22.8 Å². The molecule has 0 aliphatic carbocycles. The third-order valence-electron chi connectivity index (χ3n) is 3.53. The van der Waals surface area contributed by atoms with Gasteiger partial charge in [0.05, 0.1) is 17.5 Å². The molecule has 1 fully saturated rings. The summed E-state index contributed by atoms with van der Waals surface area (Å²) >= 11 is 0. The second kappa shape index (κ2) is 5.51. The van der Waals surface area contributed by atoms with Gasteiger partial charge in [-0.2, -0.15) is 13.2 Å². The molecule has 120 valence electrons. The molecule has 1 saturated heterocycles. The standard InChI is InChI=1S/C14H14F3NO4/c1-13(6-11(19)20)8-22-12(21)18(13)7-9-2-4-10(5-3-9)14(15,16)17/h2-5H,6-8H2,1H3,(H,19,20). The zero-order valence-electron chi connectivity index (χ0n) is 11.7. The Balaban J connectivity index is 2.17. The first-order valence-electron chi connectivity index (χ1n) is 6.44. The molecule has 22 heavy (non-hydrogen) atoms. The highest BCUT2D eigenvalue weighted by molar-refractivity contribution is 5.75. The van der Waals surface area contributed by atoms with Crippen LogP contribution in [0.2, 0.25) is 0 Å². The van der Waals surface area contributed by atoms with Crippen molar-refractivity contribution < 1.29 is 32.6 Å². The van der Waals surface area contributed by atoms with Crippen LogP contribution in [-0.4, -0.2) is 34.2 Å². The van der Waals surface area contributed by atoms with Crippen LogP contribution in [0, 0.1) is 0 Å². The van der Waals surface area contributed by atoms with E-state index in [4.69, 9.17) is 9.84 Å². The van der Waals surface area contributed by atoms with E-state index < -0.39 is 29.3 Å². The first kappa shape index (κ1) is 16.1. The average Bonchev–Trinajstić information content (AvgIpc) is 2.66. The van der Waals surface area contributed by atoms with Gasteiger partial charge >= 0.3 is 18.2 Å². The van der Waals surface area contributed by atoms with Crippen LogP contribution in [0.25, 0.3) is 0 Å². The number of aliphatic carboxylic acids is 1. The van der Waals surface area contributed by atoms with Crippen molar-refractivity contribution in [3.8, 4) is 0 Å². The Kier molecular flexibility index (Phi) is 4.04. The second-order valence-corrected chi connectivity index (χ2v) is 5.40. The van der Waals surface area contributed by atoms with Gasteiger partial charge in [-0.25, -0.2) is 4.79 Å². The van der Waals surface area contributed by atoms with Crippen molar-refractivity contribution in [2.45, 2.75) is 31.6 Å². The molecule has 1 aliphatic rings. The van der Waals surface area contributed by atoms with Gasteiger partial charge in [0.1, 0.15) is 6.61 Å². The Morgan fingerprint density at radius 1 is 1.36 bits per heavy atom. The van der Waals surface area contributed by atoms with Crippen LogP contribution in [0.15, 0.2) is 24.3 Å². The van der Waals surface area contributed by atoms with Crippen LogP contribution in [0.4, 0.5) is 18.0 Å². The minimum Gasteiger partial charge on any atom is -0.481 e. The predicted octanol–water partition coefficient (Wildman–Crippen LogP) is 2.89. The fraction of sp³-hybridized carbons (Fsp3) is 0.429. The molecule has 1 N–H and O–H groups in total. The second-order valence-electron chi connectivity index (χ2n) is 5.40. The number of carboxylic acids is 1. The van der Waals surface area contributed by atoms with Crippen molar-refractivity contribution in [2.24, 2.45) is 0 Å². The highest BCUT2D eigenvalue weighted by atomic mass is 19.4. The lowest BCUT2D eigenvalue weighted by Gasteiger charge is -2.30. The molecule has 0 bridgehead atoms. The van der Waals surface area contributed by atoms with Gasteiger partial charge in [0.2, 0.25) is 0 Å². The van der Waals surface area contributed by atoms with E-state index in [1.165, 1.54) is 17.0 Å². The van der Waals surface area contributed by atoms with Crippen molar-refractivity contribution in [1.82, 2.24) is 4.90 Å². The molecule has 1 heterocycles. The monoisotopic (exact) mass is 317 g/mol. The number of halogens is 3. The third kappa shape index (κ3) is 3.32. The number of cyclic esters (lactones) is 1. The van der Waals surface area contributed by atoms with Gasteiger partial charge in [-0.3, -0.25) is 9.69 Å². The lowest BCUT2D eigenvalue weighted by molar-refractivity contribution is -0.139. The number of amides is 1. The van der Waals surface area contributed by atoms with E-state index in [0.29, 0.717) is 5.56 Å². The van der Waals surface area contributed by atoms with Gasteiger partial charge in [-0.15, -0.1) is 0 Å². The smallest absolute Gasteiger partial charge is 0.416 e. The summed E-state index contributed by atoms with van der Waals surface area (Å²) in [6.45, 7) is 1.48. The van der Waals surface area contributed by atoms with Crippen molar-refractivity contribution >= 4 is 12.1 Å². The minimum absolute atomic E-state index is 0.0131. The van der Waals surface area contributed by atoms with Crippen LogP contribution < -0.4 is 0 Å². The molecule has 0 radical (unpaired) electrons. The molecule has 0 aromatic heterocycles. The Morgan fingerprint density at radius 2 is 1.95 bits per heavy atom. The van der Waals surface area contributed by atoms with E-state index in [2.05, 4.69) is 0 Å². The molecule has 1 aromatic rings. The van der Waals surface area contributed by atoms with Crippen molar-refractivity contribution in [2.75, 3.05) is 6.61 Å². The number of carbonyl (C=O) groups excluding carboxylic acids is 1. The van der Waals surface area contributed by atoms with Crippen LogP contribution in [0.3, 0.4) is 0 Å². The normalized spacial score (nSPS) is 21.8. The van der Waals surface area contributed by atoms with Gasteiger partial charge in [-0.05, 0) is 24.6 Å². The number of nitrogens with zero attached hydrogens (tertiary/aromatic N) is 1. The molecule has 2 rings (SSSR count). The number of alkyl halides is 3. The summed E-state index contributed by atoms with van der Waals surface area (Å²) < 4.78 is 42.4. The number of carboxylic acid groups (broad SMARTS) is 1. The molecule has 1 amide bonds. The van der Waals surface area contributed by atoms with E-state index in [0.717, 1.165) is 12.1 Å². The third-order valence-corrected chi connectivity index (χ3v) is 3.53. The molecule has 1 atom stereocenters. The molecule has 0 spiro atoms. The number of hydrogen-bond acceptors (Lipinski definition) is 3. The van der Waals surface area contributed by atoms with E-state index in [-0.39, 0.29) is 19.6 Å². The van der Waals surface area contributed by atoms with Crippen LogP contribution >= 0.6 is 0 Å². The molecule has 1 aliphatic heterocycles. The number of ether oxygens (including phenoxy) is 1. The zero-order chi connectivity index (χ0) is 16.5. The van der Waals surface area contributed by atoms with Gasteiger partial charge in [-0.1, -0.05) is 12.1 Å². The summed E-state index contributed by atoms with van der Waals surface area (Å²) in [4.78, 5) is 23.9. The first-order chi connectivity index (χ1) is 10.1. The predicted molar refractivity (Wildman–Crippen MR) is 69.0 cm³/mol. The summed E-state index contributed by atoms with van der Waals surface area (Å²) in [6.07, 6.45) is -5.41. The molecule has 0 saturated carbocycles. The Hall–Kier alpha value is -2.25. The summed E-state index contributed by atoms with van der Waals surface area (Å²) in [7, 11) is 0. The van der Waals surface area contributed by atoms with Crippen molar-refractivity contribution in [3.63, 3.8) is 0 Å². The van der Waals surface area contributed by atoms with Crippen LogP contribution in [-0.2, 0) is 22.3 Å². The summed E-state index contributed by atoms with van der Waals surface area (Å²) in [5.41, 5.74) is -1.34. The molecule has 5 nitrogen and oxygen atoms in total. The maximum absolute atomic E-state index is 12.5. The fourth-order valence-electron chi connectivity index (χ4n) is 2.30. The lowest BCUT2D eigenvalue weighted by atomic mass is 9.97. The number of rotatable bonds is 4. The molecule has 1 aromatic carbocycles. The molecule has 1 unspecified atom stereocenters. The van der Waals surface area contributed by atoms with Crippen molar-refractivity contribution in [3.05, 3.63) is 35.4 Å². The van der Waals surface area contributed by atoms with Gasteiger partial charge in [0.15, 0.2) is 0 Å². The summed E-state index contributed by atoms with van der Waals surface area (Å²) in [5.74, 6) is -1.08. The maximum Gasteiger partial charge on any atom is 0.416 e. The van der Waals surface area contributed by atoms with Crippen LogP contribution in [0.5, 0.6) is 0 Å². The van der Waals surface area contributed by atoms with E-state index >= 15 is 0 Å². The van der Waals surface area contributed by atoms with Crippen LogP contribution in [0.1, 0.15) is 24.5 Å². The summed E-state index contributed by atoms with van der Waals surface area (Å²) in [6, 6.07) is 4.36. The number of benzene rings is 1. The largest absolute Gasteiger partial charge is 0.481 e.